The lowest BCUT2D eigenvalue weighted by Crippen LogP contribution is -2.10. The standard InChI is InChI=1S/C10H8BrN5O3/c11-7-2-1-6(16(17)18)5-8(7)19-9-3-4-13-10(14-9)15-12/h1-5H,12H2,(H,13,14,15). The quantitative estimate of drug-likeness (QED) is 0.502. The van der Waals surface area contributed by atoms with Gasteiger partial charge in [0.15, 0.2) is 5.75 Å². The smallest absolute Gasteiger partial charge is 0.273 e. The van der Waals surface area contributed by atoms with E-state index in [9.17, 15) is 10.1 Å². The molecule has 2 aromatic rings. The number of benzene rings is 1. The molecule has 2 rings (SSSR count). The first-order chi connectivity index (χ1) is 9.10. The Kier molecular flexibility index (Phi) is 3.88. The molecule has 0 fully saturated rings. The molecule has 0 unspecified atom stereocenters. The number of hydrogen-bond donors (Lipinski definition) is 2. The Labute approximate surface area is 115 Å². The minimum Gasteiger partial charge on any atom is -0.437 e. The average molecular weight is 326 g/mol. The summed E-state index contributed by atoms with van der Waals surface area (Å²) >= 11 is 3.24. The van der Waals surface area contributed by atoms with Crippen LogP contribution in [0.15, 0.2) is 34.9 Å². The molecule has 1 aromatic heterocycles. The number of halogens is 1. The first-order valence-corrected chi connectivity index (χ1v) is 5.81. The van der Waals surface area contributed by atoms with Crippen molar-refractivity contribution in [2.75, 3.05) is 5.43 Å². The van der Waals surface area contributed by atoms with Gasteiger partial charge in [-0.1, -0.05) is 0 Å². The zero-order chi connectivity index (χ0) is 13.8. The van der Waals surface area contributed by atoms with E-state index in [1.54, 1.807) is 0 Å². The third kappa shape index (κ3) is 3.14. The van der Waals surface area contributed by atoms with Crippen LogP contribution in [0.1, 0.15) is 0 Å². The van der Waals surface area contributed by atoms with Crippen molar-refractivity contribution >= 4 is 27.6 Å². The molecule has 0 amide bonds. The van der Waals surface area contributed by atoms with Gasteiger partial charge >= 0.3 is 0 Å². The Balaban J connectivity index is 2.31. The average Bonchev–Trinajstić information content (AvgIpc) is 2.41. The van der Waals surface area contributed by atoms with E-state index >= 15 is 0 Å². The van der Waals surface area contributed by atoms with E-state index in [1.807, 2.05) is 0 Å². The molecular weight excluding hydrogens is 318 g/mol. The number of anilines is 1. The lowest BCUT2D eigenvalue weighted by molar-refractivity contribution is -0.384. The largest absolute Gasteiger partial charge is 0.437 e. The Morgan fingerprint density at radius 2 is 2.21 bits per heavy atom. The molecular formula is C10H8BrN5O3. The number of nitrogen functional groups attached to an aromatic ring is 1. The number of non-ortho nitro benzene ring substituents is 1. The van der Waals surface area contributed by atoms with Crippen molar-refractivity contribution in [1.29, 1.82) is 0 Å². The van der Waals surface area contributed by atoms with Gasteiger partial charge in [0.1, 0.15) is 0 Å². The molecule has 1 heterocycles. The molecule has 1 aromatic carbocycles. The highest BCUT2D eigenvalue weighted by molar-refractivity contribution is 9.10. The number of nitro groups is 1. The molecule has 0 aliphatic rings. The number of hydrazine groups is 1. The summed E-state index contributed by atoms with van der Waals surface area (Å²) in [7, 11) is 0. The molecule has 0 bridgehead atoms. The fourth-order valence-electron chi connectivity index (χ4n) is 1.27. The molecule has 0 saturated carbocycles. The molecule has 0 spiro atoms. The maximum Gasteiger partial charge on any atom is 0.273 e. The third-order valence-electron chi connectivity index (χ3n) is 2.10. The lowest BCUT2D eigenvalue weighted by atomic mass is 10.3. The van der Waals surface area contributed by atoms with Crippen LogP contribution in [0, 0.1) is 10.1 Å². The minimum atomic E-state index is -0.508. The maximum atomic E-state index is 10.7. The fourth-order valence-corrected chi connectivity index (χ4v) is 1.59. The summed E-state index contributed by atoms with van der Waals surface area (Å²) in [6.45, 7) is 0. The zero-order valence-electron chi connectivity index (χ0n) is 9.41. The van der Waals surface area contributed by atoms with Gasteiger partial charge in [0.05, 0.1) is 15.5 Å². The second kappa shape index (κ2) is 5.59. The highest BCUT2D eigenvalue weighted by Crippen LogP contribution is 2.32. The fraction of sp³-hybridized carbons (Fsp3) is 0. The Bertz CT molecular complexity index is 622. The normalized spacial score (nSPS) is 10.0. The van der Waals surface area contributed by atoms with E-state index in [2.05, 4.69) is 31.3 Å². The molecule has 0 radical (unpaired) electrons. The monoisotopic (exact) mass is 325 g/mol. The third-order valence-corrected chi connectivity index (χ3v) is 2.75. The van der Waals surface area contributed by atoms with E-state index in [0.29, 0.717) is 4.47 Å². The van der Waals surface area contributed by atoms with Gasteiger partial charge in [0.2, 0.25) is 11.8 Å². The second-order valence-electron chi connectivity index (χ2n) is 3.34. The van der Waals surface area contributed by atoms with Gasteiger partial charge in [-0.3, -0.25) is 15.5 Å². The Morgan fingerprint density at radius 3 is 2.89 bits per heavy atom. The molecule has 0 aliphatic heterocycles. The molecule has 9 heteroatoms. The number of hydrogen-bond acceptors (Lipinski definition) is 7. The highest BCUT2D eigenvalue weighted by Gasteiger charge is 2.12. The maximum absolute atomic E-state index is 10.7. The van der Waals surface area contributed by atoms with Crippen LogP contribution >= 0.6 is 15.9 Å². The lowest BCUT2D eigenvalue weighted by Gasteiger charge is -2.07. The van der Waals surface area contributed by atoms with Crippen molar-refractivity contribution in [3.8, 4) is 11.6 Å². The van der Waals surface area contributed by atoms with Crippen LogP contribution in [0.5, 0.6) is 11.6 Å². The van der Waals surface area contributed by atoms with Crippen LogP contribution in [-0.2, 0) is 0 Å². The van der Waals surface area contributed by atoms with Gasteiger partial charge in [-0.05, 0) is 22.0 Å². The van der Waals surface area contributed by atoms with Crippen LogP contribution in [0.4, 0.5) is 11.6 Å². The summed E-state index contributed by atoms with van der Waals surface area (Å²) in [5, 5.41) is 10.7. The van der Waals surface area contributed by atoms with E-state index in [0.717, 1.165) is 0 Å². The summed E-state index contributed by atoms with van der Waals surface area (Å²) in [5.41, 5.74) is 2.20. The zero-order valence-corrected chi connectivity index (χ0v) is 11.0. The molecule has 0 aliphatic carbocycles. The second-order valence-corrected chi connectivity index (χ2v) is 4.19. The molecule has 0 saturated heterocycles. The molecule has 98 valence electrons. The van der Waals surface area contributed by atoms with Gasteiger partial charge in [0.25, 0.3) is 5.69 Å². The Morgan fingerprint density at radius 1 is 1.42 bits per heavy atom. The predicted molar refractivity (Wildman–Crippen MR) is 70.7 cm³/mol. The first-order valence-electron chi connectivity index (χ1n) is 5.01. The van der Waals surface area contributed by atoms with Crippen LogP contribution in [0.3, 0.4) is 0 Å². The van der Waals surface area contributed by atoms with Crippen molar-refractivity contribution in [1.82, 2.24) is 9.97 Å². The van der Waals surface area contributed by atoms with Crippen LogP contribution < -0.4 is 16.0 Å². The topological polar surface area (TPSA) is 116 Å². The summed E-state index contributed by atoms with van der Waals surface area (Å²) < 4.78 is 6.01. The summed E-state index contributed by atoms with van der Waals surface area (Å²) in [6.07, 6.45) is 1.45. The number of aromatic nitrogens is 2. The SMILES string of the molecule is NNc1nccc(Oc2cc([N+](=O)[O-])ccc2Br)n1. The number of rotatable bonds is 4. The molecule has 19 heavy (non-hydrogen) atoms. The van der Waals surface area contributed by atoms with E-state index in [1.165, 1.54) is 30.5 Å². The summed E-state index contributed by atoms with van der Waals surface area (Å²) in [4.78, 5) is 18.0. The van der Waals surface area contributed by atoms with Gasteiger partial charge in [-0.2, -0.15) is 4.98 Å². The number of nitrogens with one attached hydrogen (secondary N) is 1. The van der Waals surface area contributed by atoms with Crippen molar-refractivity contribution in [2.45, 2.75) is 0 Å². The Hall–Kier alpha value is -2.26. The first kappa shape index (κ1) is 13.2. The van der Waals surface area contributed by atoms with Gasteiger partial charge in [-0.25, -0.2) is 10.8 Å². The minimum absolute atomic E-state index is 0.0792. The van der Waals surface area contributed by atoms with Gasteiger partial charge in [-0.15, -0.1) is 0 Å². The number of nitrogens with zero attached hydrogens (tertiary/aromatic N) is 3. The molecule has 0 atom stereocenters. The van der Waals surface area contributed by atoms with Crippen LogP contribution in [0.25, 0.3) is 0 Å². The van der Waals surface area contributed by atoms with Crippen molar-refractivity contribution in [3.05, 3.63) is 45.0 Å². The van der Waals surface area contributed by atoms with E-state index in [-0.39, 0.29) is 23.3 Å². The van der Waals surface area contributed by atoms with Crippen molar-refractivity contribution in [3.63, 3.8) is 0 Å². The van der Waals surface area contributed by atoms with Crippen LogP contribution in [0.2, 0.25) is 0 Å². The number of nitro benzene ring substituents is 1. The number of ether oxygens (including phenoxy) is 1. The van der Waals surface area contributed by atoms with E-state index < -0.39 is 4.92 Å². The highest BCUT2D eigenvalue weighted by atomic mass is 79.9. The molecule has 8 nitrogen and oxygen atoms in total. The van der Waals surface area contributed by atoms with Gasteiger partial charge < -0.3 is 4.74 Å². The molecule has 3 N–H and O–H groups in total. The van der Waals surface area contributed by atoms with Crippen molar-refractivity contribution < 1.29 is 9.66 Å². The predicted octanol–water partition coefficient (Wildman–Crippen LogP) is 2.23. The van der Waals surface area contributed by atoms with Gasteiger partial charge in [0, 0.05) is 18.3 Å². The summed E-state index contributed by atoms with van der Waals surface area (Å²) in [5.74, 6) is 5.84. The van der Waals surface area contributed by atoms with Crippen molar-refractivity contribution in [2.24, 2.45) is 5.84 Å². The number of nitrogens with two attached hydrogens (primary N) is 1. The summed E-state index contributed by atoms with van der Waals surface area (Å²) in [6, 6.07) is 5.69. The van der Waals surface area contributed by atoms with Crippen LogP contribution in [-0.4, -0.2) is 14.9 Å². The van der Waals surface area contributed by atoms with E-state index in [4.69, 9.17) is 10.6 Å².